The molecule has 1 amide bonds. The summed E-state index contributed by atoms with van der Waals surface area (Å²) in [5.74, 6) is -0.232. The Hall–Kier alpha value is -2.97. The maximum absolute atomic E-state index is 12.8. The molecular formula is C19H18N2O3. The molecule has 0 N–H and O–H groups in total. The van der Waals surface area contributed by atoms with Crippen molar-refractivity contribution in [3.05, 3.63) is 65.2 Å². The number of ketones is 1. The third-order valence-corrected chi connectivity index (χ3v) is 3.61. The number of hydrogen-bond acceptors (Lipinski definition) is 4. The summed E-state index contributed by atoms with van der Waals surface area (Å²) in [7, 11) is 1.57. The zero-order chi connectivity index (χ0) is 17.5. The van der Waals surface area contributed by atoms with Crippen molar-refractivity contribution in [1.29, 1.82) is 5.26 Å². The van der Waals surface area contributed by atoms with Gasteiger partial charge in [-0.05, 0) is 43.3 Å². The average Bonchev–Trinajstić information content (AvgIpc) is 2.62. The minimum Gasteiger partial charge on any atom is -0.383 e. The molecule has 24 heavy (non-hydrogen) atoms. The number of carbonyl (C=O) groups is 2. The predicted octanol–water partition coefficient (Wildman–Crippen LogP) is 3.05. The van der Waals surface area contributed by atoms with Crippen molar-refractivity contribution >= 4 is 17.4 Å². The number of anilines is 1. The molecule has 2 aromatic rings. The number of nitriles is 1. The second-order valence-electron chi connectivity index (χ2n) is 5.24. The molecule has 0 unspecified atom stereocenters. The van der Waals surface area contributed by atoms with Gasteiger partial charge in [0.25, 0.3) is 5.91 Å². The van der Waals surface area contributed by atoms with E-state index in [0.717, 1.165) is 0 Å². The minimum atomic E-state index is -0.188. The summed E-state index contributed by atoms with van der Waals surface area (Å²) in [6.45, 7) is 2.26. The number of methoxy groups -OCH3 is 1. The maximum Gasteiger partial charge on any atom is 0.258 e. The maximum atomic E-state index is 12.8. The first-order chi connectivity index (χ1) is 11.6. The summed E-state index contributed by atoms with van der Waals surface area (Å²) in [5.41, 5.74) is 2.27. The number of rotatable bonds is 6. The van der Waals surface area contributed by atoms with E-state index >= 15 is 0 Å². The molecule has 0 aromatic heterocycles. The number of amides is 1. The van der Waals surface area contributed by atoms with Gasteiger partial charge in [0.1, 0.15) is 0 Å². The number of ether oxygens (including phenoxy) is 1. The third kappa shape index (κ3) is 4.06. The summed E-state index contributed by atoms with van der Waals surface area (Å²) in [6, 6.07) is 15.4. The Morgan fingerprint density at radius 1 is 1.04 bits per heavy atom. The van der Waals surface area contributed by atoms with Gasteiger partial charge < -0.3 is 9.64 Å². The second-order valence-corrected chi connectivity index (χ2v) is 5.24. The highest BCUT2D eigenvalue weighted by Crippen LogP contribution is 2.18. The molecule has 0 aliphatic carbocycles. The van der Waals surface area contributed by atoms with Crippen molar-refractivity contribution in [2.45, 2.75) is 6.92 Å². The van der Waals surface area contributed by atoms with Crippen LogP contribution in [0.5, 0.6) is 0 Å². The first-order valence-corrected chi connectivity index (χ1v) is 7.48. The Balaban J connectivity index is 2.30. The van der Waals surface area contributed by atoms with E-state index in [9.17, 15) is 9.59 Å². The number of nitrogens with zero attached hydrogens (tertiary/aromatic N) is 2. The topological polar surface area (TPSA) is 70.4 Å². The summed E-state index contributed by atoms with van der Waals surface area (Å²) >= 11 is 0. The van der Waals surface area contributed by atoms with Crippen LogP contribution in [0.1, 0.15) is 33.2 Å². The van der Waals surface area contributed by atoms with Crippen LogP contribution < -0.4 is 4.90 Å². The fourth-order valence-electron chi connectivity index (χ4n) is 2.25. The van der Waals surface area contributed by atoms with E-state index in [0.29, 0.717) is 35.5 Å². The lowest BCUT2D eigenvalue weighted by Gasteiger charge is -2.23. The highest BCUT2D eigenvalue weighted by molar-refractivity contribution is 6.06. The Bertz CT molecular complexity index is 759. The number of hydrogen-bond donors (Lipinski definition) is 0. The van der Waals surface area contributed by atoms with Crippen LogP contribution in [0.15, 0.2) is 48.5 Å². The molecular weight excluding hydrogens is 304 g/mol. The van der Waals surface area contributed by atoms with Crippen LogP contribution in [-0.4, -0.2) is 32.0 Å². The molecule has 5 heteroatoms. The van der Waals surface area contributed by atoms with Crippen molar-refractivity contribution in [3.8, 4) is 6.07 Å². The van der Waals surface area contributed by atoms with E-state index in [-0.39, 0.29) is 11.7 Å². The molecule has 0 aliphatic rings. The van der Waals surface area contributed by atoms with Gasteiger partial charge in [-0.15, -0.1) is 0 Å². The molecule has 0 radical (unpaired) electrons. The average molecular weight is 322 g/mol. The monoisotopic (exact) mass is 322 g/mol. The van der Waals surface area contributed by atoms with Crippen molar-refractivity contribution < 1.29 is 14.3 Å². The largest absolute Gasteiger partial charge is 0.383 e. The molecule has 0 fully saturated rings. The Morgan fingerprint density at radius 3 is 2.12 bits per heavy atom. The molecule has 0 bridgehead atoms. The highest BCUT2D eigenvalue weighted by Gasteiger charge is 2.18. The van der Waals surface area contributed by atoms with E-state index in [1.165, 1.54) is 6.92 Å². The molecule has 0 spiro atoms. The van der Waals surface area contributed by atoms with Crippen LogP contribution in [0.4, 0.5) is 5.69 Å². The molecule has 2 rings (SSSR count). The molecule has 0 saturated carbocycles. The second kappa shape index (κ2) is 8.04. The van der Waals surface area contributed by atoms with E-state index in [1.54, 1.807) is 60.5 Å². The van der Waals surface area contributed by atoms with Gasteiger partial charge in [0.05, 0.1) is 18.2 Å². The predicted molar refractivity (Wildman–Crippen MR) is 91.2 cm³/mol. The zero-order valence-corrected chi connectivity index (χ0v) is 13.7. The fourth-order valence-corrected chi connectivity index (χ4v) is 2.25. The standard InChI is InChI=1S/C19H18N2O3/c1-14(22)16-5-7-17(8-6-16)19(23)21(11-12-24-2)18-9-3-15(13-20)4-10-18/h3-10H,11-12H2,1-2H3. The highest BCUT2D eigenvalue weighted by atomic mass is 16.5. The van der Waals surface area contributed by atoms with Crippen molar-refractivity contribution in [1.82, 2.24) is 0 Å². The summed E-state index contributed by atoms with van der Waals surface area (Å²) in [4.78, 5) is 25.7. The van der Waals surface area contributed by atoms with Gasteiger partial charge in [-0.3, -0.25) is 9.59 Å². The van der Waals surface area contributed by atoms with Crippen LogP contribution in [-0.2, 0) is 4.74 Å². The van der Waals surface area contributed by atoms with Crippen LogP contribution in [0.25, 0.3) is 0 Å². The fraction of sp³-hybridized carbons (Fsp3) is 0.211. The SMILES string of the molecule is COCCN(C(=O)c1ccc(C(C)=O)cc1)c1ccc(C#N)cc1. The normalized spacial score (nSPS) is 10.0. The van der Waals surface area contributed by atoms with Gasteiger partial charge in [0.15, 0.2) is 5.78 Å². The van der Waals surface area contributed by atoms with Crippen molar-refractivity contribution in [3.63, 3.8) is 0 Å². The summed E-state index contributed by atoms with van der Waals surface area (Å²) in [6.07, 6.45) is 0. The van der Waals surface area contributed by atoms with Gasteiger partial charge in [-0.1, -0.05) is 12.1 Å². The first kappa shape index (κ1) is 17.4. The lowest BCUT2D eigenvalue weighted by Crippen LogP contribution is -2.34. The number of benzene rings is 2. The quantitative estimate of drug-likeness (QED) is 0.766. The third-order valence-electron chi connectivity index (χ3n) is 3.61. The molecule has 122 valence electrons. The zero-order valence-electron chi connectivity index (χ0n) is 13.7. The van der Waals surface area contributed by atoms with E-state index in [2.05, 4.69) is 6.07 Å². The molecule has 0 atom stereocenters. The van der Waals surface area contributed by atoms with E-state index < -0.39 is 0 Å². The van der Waals surface area contributed by atoms with Gasteiger partial charge in [0, 0.05) is 30.5 Å². The molecule has 0 saturated heterocycles. The molecule has 2 aromatic carbocycles. The Kier molecular flexibility index (Phi) is 5.83. The van der Waals surface area contributed by atoms with E-state index in [4.69, 9.17) is 10.00 Å². The van der Waals surface area contributed by atoms with Gasteiger partial charge in [-0.25, -0.2) is 0 Å². The van der Waals surface area contributed by atoms with Gasteiger partial charge in [-0.2, -0.15) is 5.26 Å². The molecule has 0 aliphatic heterocycles. The van der Waals surface area contributed by atoms with Crippen LogP contribution in [0.3, 0.4) is 0 Å². The van der Waals surface area contributed by atoms with Crippen molar-refractivity contribution in [2.75, 3.05) is 25.2 Å². The van der Waals surface area contributed by atoms with Crippen molar-refractivity contribution in [2.24, 2.45) is 0 Å². The smallest absolute Gasteiger partial charge is 0.258 e. The molecule has 5 nitrogen and oxygen atoms in total. The lowest BCUT2D eigenvalue weighted by molar-refractivity contribution is 0.0973. The van der Waals surface area contributed by atoms with Crippen LogP contribution in [0, 0.1) is 11.3 Å². The minimum absolute atomic E-state index is 0.0441. The van der Waals surface area contributed by atoms with Crippen LogP contribution in [0.2, 0.25) is 0 Å². The van der Waals surface area contributed by atoms with Crippen LogP contribution >= 0.6 is 0 Å². The van der Waals surface area contributed by atoms with Gasteiger partial charge >= 0.3 is 0 Å². The van der Waals surface area contributed by atoms with E-state index in [1.807, 2.05) is 0 Å². The molecule has 0 heterocycles. The first-order valence-electron chi connectivity index (χ1n) is 7.48. The Labute approximate surface area is 141 Å². The summed E-state index contributed by atoms with van der Waals surface area (Å²) < 4.78 is 5.08. The summed E-state index contributed by atoms with van der Waals surface area (Å²) in [5, 5.41) is 8.89. The lowest BCUT2D eigenvalue weighted by atomic mass is 10.1. The Morgan fingerprint density at radius 2 is 1.62 bits per heavy atom. The van der Waals surface area contributed by atoms with Gasteiger partial charge in [0.2, 0.25) is 0 Å². The number of carbonyl (C=O) groups excluding carboxylic acids is 2. The number of Topliss-reactive ketones (excluding diaryl/α,β-unsaturated/α-hetero) is 1.